The highest BCUT2D eigenvalue weighted by atomic mass is 35.5. The molecule has 2 N–H and O–H groups in total. The number of sulfonamides is 1. The molecule has 7 heteroatoms. The van der Waals surface area contributed by atoms with Crippen LogP contribution in [-0.2, 0) is 10.0 Å². The van der Waals surface area contributed by atoms with Crippen LogP contribution in [0.4, 0.5) is 5.69 Å². The van der Waals surface area contributed by atoms with Crippen molar-refractivity contribution in [3.63, 3.8) is 0 Å². The van der Waals surface area contributed by atoms with Gasteiger partial charge < -0.3 is 5.11 Å². The summed E-state index contributed by atoms with van der Waals surface area (Å²) in [5.41, 5.74) is 1.42. The predicted molar refractivity (Wildman–Crippen MR) is 77.6 cm³/mol. The number of phenolic OH excluding ortho intramolecular Hbond substituents is 1. The number of hydrogen-bond donors (Lipinski definition) is 2. The third kappa shape index (κ3) is 2.71. The van der Waals surface area contributed by atoms with Gasteiger partial charge in [0.05, 0.1) is 10.7 Å². The van der Waals surface area contributed by atoms with E-state index in [1.54, 1.807) is 26.0 Å². The van der Waals surface area contributed by atoms with Gasteiger partial charge in [-0.05, 0) is 31.5 Å². The van der Waals surface area contributed by atoms with Gasteiger partial charge in [-0.2, -0.15) is 0 Å². The maximum absolute atomic E-state index is 12.3. The SMILES string of the molecule is Cc1ccc(NS(=O)(=O)c2cnccc2Cl)c(C)c1O. The molecule has 5 nitrogen and oxygen atoms in total. The third-order valence-electron chi connectivity index (χ3n) is 2.90. The van der Waals surface area contributed by atoms with Gasteiger partial charge in [-0.3, -0.25) is 9.71 Å². The molecule has 0 aliphatic rings. The Kier molecular flexibility index (Phi) is 3.87. The monoisotopic (exact) mass is 312 g/mol. The van der Waals surface area contributed by atoms with Gasteiger partial charge in [0.25, 0.3) is 10.0 Å². The molecule has 1 aromatic heterocycles. The molecule has 0 saturated heterocycles. The maximum atomic E-state index is 12.3. The molecule has 0 radical (unpaired) electrons. The second-order valence-electron chi connectivity index (χ2n) is 4.32. The Morgan fingerprint density at radius 2 is 1.95 bits per heavy atom. The van der Waals surface area contributed by atoms with Crippen LogP contribution < -0.4 is 4.72 Å². The highest BCUT2D eigenvalue weighted by Crippen LogP contribution is 2.30. The van der Waals surface area contributed by atoms with E-state index in [0.29, 0.717) is 16.8 Å². The van der Waals surface area contributed by atoms with Crippen molar-refractivity contribution in [2.24, 2.45) is 0 Å². The minimum absolute atomic E-state index is 0.0579. The van der Waals surface area contributed by atoms with E-state index in [-0.39, 0.29) is 15.7 Å². The largest absolute Gasteiger partial charge is 0.507 e. The van der Waals surface area contributed by atoms with Crippen LogP contribution in [0.15, 0.2) is 35.5 Å². The number of anilines is 1. The number of aromatic hydroxyl groups is 1. The number of rotatable bonds is 3. The van der Waals surface area contributed by atoms with Crippen molar-refractivity contribution in [3.8, 4) is 5.75 Å². The quantitative estimate of drug-likeness (QED) is 0.913. The summed E-state index contributed by atoms with van der Waals surface area (Å²) in [6.45, 7) is 3.36. The van der Waals surface area contributed by atoms with E-state index >= 15 is 0 Å². The van der Waals surface area contributed by atoms with Crippen LogP contribution in [-0.4, -0.2) is 18.5 Å². The van der Waals surface area contributed by atoms with E-state index in [0.717, 1.165) is 0 Å². The first kappa shape index (κ1) is 14.6. The normalized spacial score (nSPS) is 11.3. The Balaban J connectivity index is 2.45. The third-order valence-corrected chi connectivity index (χ3v) is 4.74. The van der Waals surface area contributed by atoms with Crippen molar-refractivity contribution < 1.29 is 13.5 Å². The smallest absolute Gasteiger partial charge is 0.264 e. The van der Waals surface area contributed by atoms with Gasteiger partial charge in [-0.25, -0.2) is 8.42 Å². The summed E-state index contributed by atoms with van der Waals surface area (Å²) in [5.74, 6) is 0.0579. The molecule has 0 bridgehead atoms. The van der Waals surface area contributed by atoms with Crippen LogP contribution in [0.25, 0.3) is 0 Å². The van der Waals surface area contributed by atoms with Crippen LogP contribution in [0.5, 0.6) is 5.75 Å². The van der Waals surface area contributed by atoms with Crippen molar-refractivity contribution in [1.29, 1.82) is 0 Å². The molecule has 20 heavy (non-hydrogen) atoms. The fourth-order valence-corrected chi connectivity index (χ4v) is 3.26. The Morgan fingerprint density at radius 1 is 1.25 bits per heavy atom. The number of aromatic nitrogens is 1. The van der Waals surface area contributed by atoms with Crippen molar-refractivity contribution in [2.45, 2.75) is 18.7 Å². The van der Waals surface area contributed by atoms with E-state index in [1.165, 1.54) is 18.5 Å². The van der Waals surface area contributed by atoms with E-state index in [1.807, 2.05) is 0 Å². The molecule has 2 aromatic rings. The van der Waals surface area contributed by atoms with Crippen molar-refractivity contribution in [1.82, 2.24) is 4.98 Å². The highest BCUT2D eigenvalue weighted by Gasteiger charge is 2.19. The molecule has 1 heterocycles. The standard InChI is InChI=1S/C13H13ClN2O3S/c1-8-3-4-11(9(2)13(8)17)16-20(18,19)12-7-15-6-5-10(12)14/h3-7,16-17H,1-2H3. The summed E-state index contributed by atoms with van der Waals surface area (Å²) in [7, 11) is -3.85. The number of aryl methyl sites for hydroxylation is 1. The molecule has 0 saturated carbocycles. The first-order chi connectivity index (χ1) is 9.33. The van der Waals surface area contributed by atoms with Crippen LogP contribution in [0.1, 0.15) is 11.1 Å². The predicted octanol–water partition coefficient (Wildman–Crippen LogP) is 2.86. The van der Waals surface area contributed by atoms with E-state index in [9.17, 15) is 13.5 Å². The minimum Gasteiger partial charge on any atom is -0.507 e. The Morgan fingerprint density at radius 3 is 2.60 bits per heavy atom. The van der Waals surface area contributed by atoms with E-state index < -0.39 is 10.0 Å². The summed E-state index contributed by atoms with van der Waals surface area (Å²) in [4.78, 5) is 3.64. The molecular weight excluding hydrogens is 300 g/mol. The van der Waals surface area contributed by atoms with E-state index in [4.69, 9.17) is 11.6 Å². The second kappa shape index (κ2) is 5.30. The van der Waals surface area contributed by atoms with Crippen molar-refractivity contribution in [3.05, 3.63) is 46.7 Å². The number of halogens is 1. The maximum Gasteiger partial charge on any atom is 0.264 e. The molecule has 0 fully saturated rings. The van der Waals surface area contributed by atoms with Gasteiger partial charge in [-0.1, -0.05) is 17.7 Å². The number of nitrogens with one attached hydrogen (secondary N) is 1. The number of phenols is 1. The first-order valence-electron chi connectivity index (χ1n) is 5.74. The molecule has 1 aromatic carbocycles. The molecule has 0 amide bonds. The molecule has 106 valence electrons. The molecule has 0 aliphatic carbocycles. The lowest BCUT2D eigenvalue weighted by atomic mass is 10.1. The van der Waals surface area contributed by atoms with Gasteiger partial charge in [-0.15, -0.1) is 0 Å². The summed E-state index contributed by atoms with van der Waals surface area (Å²) >= 11 is 5.86. The molecule has 0 spiro atoms. The Hall–Kier alpha value is -1.79. The van der Waals surface area contributed by atoms with Crippen LogP contribution in [0, 0.1) is 13.8 Å². The lowest BCUT2D eigenvalue weighted by Crippen LogP contribution is -2.14. The lowest BCUT2D eigenvalue weighted by Gasteiger charge is -2.13. The highest BCUT2D eigenvalue weighted by molar-refractivity contribution is 7.92. The molecule has 0 atom stereocenters. The zero-order chi connectivity index (χ0) is 14.9. The second-order valence-corrected chi connectivity index (χ2v) is 6.37. The summed E-state index contributed by atoms with van der Waals surface area (Å²) in [5, 5.41) is 9.92. The van der Waals surface area contributed by atoms with Gasteiger partial charge in [0.2, 0.25) is 0 Å². The van der Waals surface area contributed by atoms with Crippen LogP contribution in [0.2, 0.25) is 5.02 Å². The fourth-order valence-electron chi connectivity index (χ4n) is 1.71. The average molecular weight is 313 g/mol. The number of pyridine rings is 1. The Labute approximate surface area is 122 Å². The van der Waals surface area contributed by atoms with Crippen molar-refractivity contribution in [2.75, 3.05) is 4.72 Å². The molecule has 0 unspecified atom stereocenters. The minimum atomic E-state index is -3.85. The van der Waals surface area contributed by atoms with Gasteiger partial charge in [0.15, 0.2) is 0 Å². The molecule has 0 aliphatic heterocycles. The topological polar surface area (TPSA) is 79.3 Å². The zero-order valence-corrected chi connectivity index (χ0v) is 12.5. The zero-order valence-electron chi connectivity index (χ0n) is 10.9. The molecule has 2 rings (SSSR count). The molecular formula is C13H13ClN2O3S. The van der Waals surface area contributed by atoms with Crippen LogP contribution >= 0.6 is 11.6 Å². The summed E-state index contributed by atoms with van der Waals surface area (Å²) < 4.78 is 26.9. The number of nitrogens with zero attached hydrogens (tertiary/aromatic N) is 1. The average Bonchev–Trinajstić information content (AvgIpc) is 2.40. The van der Waals surface area contributed by atoms with Gasteiger partial charge in [0.1, 0.15) is 10.6 Å². The van der Waals surface area contributed by atoms with Gasteiger partial charge >= 0.3 is 0 Å². The van der Waals surface area contributed by atoms with Crippen LogP contribution in [0.3, 0.4) is 0 Å². The van der Waals surface area contributed by atoms with Gasteiger partial charge in [0, 0.05) is 18.0 Å². The Bertz CT molecular complexity index is 760. The lowest BCUT2D eigenvalue weighted by molar-refractivity contribution is 0.467. The fraction of sp³-hybridized carbons (Fsp3) is 0.154. The summed E-state index contributed by atoms with van der Waals surface area (Å²) in [6, 6.07) is 4.62. The first-order valence-corrected chi connectivity index (χ1v) is 7.60. The number of hydrogen-bond acceptors (Lipinski definition) is 4. The summed E-state index contributed by atoms with van der Waals surface area (Å²) in [6.07, 6.45) is 2.58. The number of benzene rings is 1. The van der Waals surface area contributed by atoms with E-state index in [2.05, 4.69) is 9.71 Å². The van der Waals surface area contributed by atoms with Crippen molar-refractivity contribution >= 4 is 27.3 Å².